The van der Waals surface area contributed by atoms with Gasteiger partial charge in [-0.3, -0.25) is 0 Å². The van der Waals surface area contributed by atoms with Crippen LogP contribution in [0, 0.1) is 5.82 Å². The molecule has 6 rings (SSSR count). The van der Waals surface area contributed by atoms with E-state index >= 15 is 4.39 Å². The molecule has 1 saturated heterocycles. The number of morpholine rings is 1. The van der Waals surface area contributed by atoms with Gasteiger partial charge >= 0.3 is 0 Å². The lowest BCUT2D eigenvalue weighted by atomic mass is 10.1. The fourth-order valence-electron chi connectivity index (χ4n) is 4.38. The molecule has 4 aromatic heterocycles. The van der Waals surface area contributed by atoms with Crippen LogP contribution in [0.3, 0.4) is 0 Å². The van der Waals surface area contributed by atoms with Crippen molar-refractivity contribution in [1.29, 1.82) is 0 Å². The SMILES string of the molecule is CC(C)n1ncnc1-c1ccc2nc(-c3c(F)ccc4[nH]ccc34)nc(N3CCOCC3)c2n1. The number of ether oxygens (including phenoxy) is 1. The van der Waals surface area contributed by atoms with E-state index < -0.39 is 0 Å². The number of hydrogen-bond donors (Lipinski definition) is 1. The van der Waals surface area contributed by atoms with E-state index in [1.165, 1.54) is 12.4 Å². The highest BCUT2D eigenvalue weighted by Gasteiger charge is 2.23. The summed E-state index contributed by atoms with van der Waals surface area (Å²) < 4.78 is 22.4. The number of H-pyrrole nitrogens is 1. The molecule has 5 heterocycles. The van der Waals surface area contributed by atoms with Gasteiger partial charge in [-0.1, -0.05) is 0 Å². The Hall–Kier alpha value is -3.92. The fourth-order valence-corrected chi connectivity index (χ4v) is 4.38. The average Bonchev–Trinajstić information content (AvgIpc) is 3.53. The lowest BCUT2D eigenvalue weighted by Crippen LogP contribution is -2.37. The number of pyridine rings is 1. The van der Waals surface area contributed by atoms with Gasteiger partial charge in [0.1, 0.15) is 23.4 Å². The number of rotatable bonds is 4. The van der Waals surface area contributed by atoms with E-state index in [0.717, 1.165) is 10.9 Å². The standard InChI is InChI=1S/C24H23FN8O/c1-14(2)33-23(27-13-28-33)19-6-5-18-21(29-19)24(32-9-11-34-12-10-32)31-22(30-18)20-15-7-8-26-17(15)4-3-16(20)25/h3-8,13-14,26H,9-12H2,1-2H3. The van der Waals surface area contributed by atoms with Crippen LogP contribution >= 0.6 is 0 Å². The average molecular weight is 459 g/mol. The fraction of sp³-hybridized carbons (Fsp3) is 0.292. The zero-order valence-corrected chi connectivity index (χ0v) is 18.9. The van der Waals surface area contributed by atoms with Crippen LogP contribution in [-0.4, -0.2) is 61.0 Å². The van der Waals surface area contributed by atoms with Crippen molar-refractivity contribution in [2.45, 2.75) is 19.9 Å². The molecule has 1 aliphatic rings. The van der Waals surface area contributed by atoms with E-state index in [-0.39, 0.29) is 11.9 Å². The van der Waals surface area contributed by atoms with Crippen LogP contribution in [0.4, 0.5) is 10.2 Å². The molecule has 0 aliphatic carbocycles. The van der Waals surface area contributed by atoms with Gasteiger partial charge in [0.2, 0.25) is 0 Å². The first-order chi connectivity index (χ1) is 16.6. The minimum absolute atomic E-state index is 0.136. The Kier molecular flexibility index (Phi) is 4.95. The van der Waals surface area contributed by atoms with Gasteiger partial charge in [0.05, 0.1) is 24.3 Å². The molecule has 1 fully saturated rings. The largest absolute Gasteiger partial charge is 0.378 e. The molecule has 1 aliphatic heterocycles. The summed E-state index contributed by atoms with van der Waals surface area (Å²) in [5.41, 5.74) is 3.16. The van der Waals surface area contributed by atoms with Crippen molar-refractivity contribution in [2.75, 3.05) is 31.2 Å². The van der Waals surface area contributed by atoms with Crippen molar-refractivity contribution in [3.63, 3.8) is 0 Å². The second-order valence-corrected chi connectivity index (χ2v) is 8.52. The van der Waals surface area contributed by atoms with E-state index in [1.807, 2.05) is 36.7 Å². The normalized spacial score (nSPS) is 14.5. The number of halogens is 1. The molecule has 0 atom stereocenters. The Labute approximate surface area is 194 Å². The van der Waals surface area contributed by atoms with Gasteiger partial charge in [0, 0.05) is 36.2 Å². The molecular formula is C24H23FN8O. The summed E-state index contributed by atoms with van der Waals surface area (Å²) in [4.78, 5) is 24.2. The summed E-state index contributed by atoms with van der Waals surface area (Å²) >= 11 is 0. The third kappa shape index (κ3) is 3.38. The Bertz CT molecular complexity index is 1500. The molecule has 5 aromatic rings. The van der Waals surface area contributed by atoms with E-state index in [0.29, 0.717) is 66.1 Å². The van der Waals surface area contributed by atoms with Crippen LogP contribution in [0.2, 0.25) is 0 Å². The molecule has 34 heavy (non-hydrogen) atoms. The third-order valence-corrected chi connectivity index (χ3v) is 6.03. The second kappa shape index (κ2) is 8.14. The number of benzene rings is 1. The zero-order chi connectivity index (χ0) is 23.2. The van der Waals surface area contributed by atoms with Crippen molar-refractivity contribution in [2.24, 2.45) is 0 Å². The van der Waals surface area contributed by atoms with Crippen LogP contribution in [0.5, 0.6) is 0 Å². The first-order valence-electron chi connectivity index (χ1n) is 11.3. The van der Waals surface area contributed by atoms with E-state index in [2.05, 4.69) is 20.0 Å². The van der Waals surface area contributed by atoms with E-state index in [4.69, 9.17) is 19.7 Å². The maximum absolute atomic E-state index is 15.1. The Morgan fingerprint density at radius 3 is 2.71 bits per heavy atom. The van der Waals surface area contributed by atoms with Gasteiger partial charge in [-0.05, 0) is 44.2 Å². The van der Waals surface area contributed by atoms with Crippen LogP contribution < -0.4 is 4.90 Å². The minimum Gasteiger partial charge on any atom is -0.378 e. The molecule has 0 bridgehead atoms. The highest BCUT2D eigenvalue weighted by Crippen LogP contribution is 2.33. The molecule has 0 unspecified atom stereocenters. The molecule has 172 valence electrons. The molecule has 1 N–H and O–H groups in total. The first-order valence-corrected chi connectivity index (χ1v) is 11.3. The number of hydrogen-bond acceptors (Lipinski definition) is 7. The second-order valence-electron chi connectivity index (χ2n) is 8.52. The summed E-state index contributed by atoms with van der Waals surface area (Å²) in [6.45, 7) is 6.59. The van der Waals surface area contributed by atoms with Crippen molar-refractivity contribution in [3.05, 3.63) is 48.7 Å². The molecule has 9 nitrogen and oxygen atoms in total. The maximum atomic E-state index is 15.1. The first kappa shape index (κ1) is 20.7. The predicted molar refractivity (Wildman–Crippen MR) is 127 cm³/mol. The van der Waals surface area contributed by atoms with Gasteiger partial charge in [-0.15, -0.1) is 0 Å². The summed E-state index contributed by atoms with van der Waals surface area (Å²) in [5.74, 6) is 1.30. The van der Waals surface area contributed by atoms with Crippen LogP contribution in [-0.2, 0) is 4.74 Å². The zero-order valence-electron chi connectivity index (χ0n) is 18.9. The summed E-state index contributed by atoms with van der Waals surface area (Å²) in [6.07, 6.45) is 3.32. The Balaban J connectivity index is 1.58. The summed E-state index contributed by atoms with van der Waals surface area (Å²) in [6, 6.07) is 8.90. The highest BCUT2D eigenvalue weighted by molar-refractivity contribution is 5.96. The minimum atomic E-state index is -0.367. The van der Waals surface area contributed by atoms with Crippen LogP contribution in [0.1, 0.15) is 19.9 Å². The number of anilines is 1. The lowest BCUT2D eigenvalue weighted by molar-refractivity contribution is 0.122. The molecule has 0 saturated carbocycles. The Morgan fingerprint density at radius 1 is 1.03 bits per heavy atom. The van der Waals surface area contributed by atoms with Gasteiger partial charge in [-0.2, -0.15) is 5.10 Å². The van der Waals surface area contributed by atoms with Crippen molar-refractivity contribution in [3.8, 4) is 22.9 Å². The van der Waals surface area contributed by atoms with Gasteiger partial charge < -0.3 is 14.6 Å². The smallest absolute Gasteiger partial charge is 0.176 e. The Morgan fingerprint density at radius 2 is 1.88 bits per heavy atom. The molecule has 0 amide bonds. The topological polar surface area (TPSA) is 97.6 Å². The van der Waals surface area contributed by atoms with Gasteiger partial charge in [0.15, 0.2) is 17.5 Å². The number of aromatic nitrogens is 7. The van der Waals surface area contributed by atoms with Crippen molar-refractivity contribution in [1.82, 2.24) is 34.7 Å². The van der Waals surface area contributed by atoms with Gasteiger partial charge in [0.25, 0.3) is 0 Å². The summed E-state index contributed by atoms with van der Waals surface area (Å²) in [7, 11) is 0. The maximum Gasteiger partial charge on any atom is 0.176 e. The number of fused-ring (bicyclic) bond motifs is 2. The van der Waals surface area contributed by atoms with Crippen LogP contribution in [0.25, 0.3) is 44.8 Å². The number of nitrogens with zero attached hydrogens (tertiary/aromatic N) is 7. The number of nitrogens with one attached hydrogen (secondary N) is 1. The molecular weight excluding hydrogens is 435 g/mol. The molecule has 1 aromatic carbocycles. The predicted octanol–water partition coefficient (Wildman–Crippen LogP) is 3.99. The summed E-state index contributed by atoms with van der Waals surface area (Å²) in [5, 5.41) is 5.07. The molecule has 0 spiro atoms. The molecule has 10 heteroatoms. The van der Waals surface area contributed by atoms with Gasteiger partial charge in [-0.25, -0.2) is 29.0 Å². The highest BCUT2D eigenvalue weighted by atomic mass is 19.1. The quantitative estimate of drug-likeness (QED) is 0.435. The number of aromatic amines is 1. The van der Waals surface area contributed by atoms with E-state index in [1.54, 1.807) is 12.3 Å². The van der Waals surface area contributed by atoms with E-state index in [9.17, 15) is 0 Å². The van der Waals surface area contributed by atoms with Crippen molar-refractivity contribution >= 4 is 27.8 Å². The molecule has 0 radical (unpaired) electrons. The lowest BCUT2D eigenvalue weighted by Gasteiger charge is -2.28. The van der Waals surface area contributed by atoms with Crippen molar-refractivity contribution < 1.29 is 9.13 Å². The third-order valence-electron chi connectivity index (χ3n) is 6.03. The van der Waals surface area contributed by atoms with Crippen LogP contribution in [0.15, 0.2) is 42.9 Å². The monoisotopic (exact) mass is 458 g/mol.